The summed E-state index contributed by atoms with van der Waals surface area (Å²) in [4.78, 5) is 33.0. The van der Waals surface area contributed by atoms with Gasteiger partial charge in [-0.3, -0.25) is 9.59 Å². The molecule has 1 saturated heterocycles. The van der Waals surface area contributed by atoms with E-state index in [2.05, 4.69) is 17.2 Å². The summed E-state index contributed by atoms with van der Waals surface area (Å²) in [7, 11) is 0. The van der Waals surface area contributed by atoms with Crippen molar-refractivity contribution >= 4 is 17.6 Å². The average Bonchev–Trinajstić information content (AvgIpc) is 2.87. The van der Waals surface area contributed by atoms with Crippen LogP contribution < -0.4 is 10.2 Å². The number of nitrogens with zero attached hydrogens (tertiary/aromatic N) is 3. The lowest BCUT2D eigenvalue weighted by Gasteiger charge is -2.35. The van der Waals surface area contributed by atoms with Crippen LogP contribution in [0.3, 0.4) is 0 Å². The fraction of sp³-hybridized carbons (Fsp3) is 0.480. The lowest BCUT2D eigenvalue weighted by atomic mass is 10.1. The quantitative estimate of drug-likeness (QED) is 0.508. The maximum Gasteiger partial charge on any atom is 0.416 e. The molecule has 2 amide bonds. The number of pyridine rings is 1. The van der Waals surface area contributed by atoms with Gasteiger partial charge in [0.1, 0.15) is 5.82 Å². The third-order valence-electron chi connectivity index (χ3n) is 5.75. The van der Waals surface area contributed by atoms with Gasteiger partial charge in [0.2, 0.25) is 0 Å². The highest BCUT2D eigenvalue weighted by Gasteiger charge is 2.30. The maximum atomic E-state index is 12.7. The Morgan fingerprint density at radius 1 is 0.971 bits per heavy atom. The first-order valence-electron chi connectivity index (χ1n) is 11.8. The summed E-state index contributed by atoms with van der Waals surface area (Å²) < 4.78 is 43.7. The standard InChI is InChI=1S/C25H31F3N4O3/c1-2-3-16-35-17-4-11-29-23(33)20-7-10-22(30-18-20)31-12-14-32(15-13-31)24(34)19-5-8-21(9-6-19)25(26,27)28/h5-10,18H,2-4,11-17H2,1H3,(H,29,33). The number of halogens is 3. The van der Waals surface area contributed by atoms with Gasteiger partial charge in [-0.25, -0.2) is 4.98 Å². The van der Waals surface area contributed by atoms with Gasteiger partial charge >= 0.3 is 6.18 Å². The highest BCUT2D eigenvalue weighted by atomic mass is 19.4. The molecule has 0 bridgehead atoms. The molecule has 1 aliphatic rings. The van der Waals surface area contributed by atoms with Crippen molar-refractivity contribution in [3.05, 3.63) is 59.3 Å². The molecule has 0 spiro atoms. The molecule has 10 heteroatoms. The van der Waals surface area contributed by atoms with Gasteiger partial charge in [-0.05, 0) is 49.2 Å². The minimum Gasteiger partial charge on any atom is -0.381 e. The molecule has 0 saturated carbocycles. The van der Waals surface area contributed by atoms with Crippen molar-refractivity contribution in [1.82, 2.24) is 15.2 Å². The van der Waals surface area contributed by atoms with Gasteiger partial charge in [0.15, 0.2) is 0 Å². The summed E-state index contributed by atoms with van der Waals surface area (Å²) in [5.74, 6) is 0.214. The molecule has 0 atom stereocenters. The number of hydrogen-bond acceptors (Lipinski definition) is 5. The summed E-state index contributed by atoms with van der Waals surface area (Å²) in [5, 5.41) is 2.86. The Kier molecular flexibility index (Phi) is 9.47. The number of amides is 2. The molecule has 0 aliphatic carbocycles. The summed E-state index contributed by atoms with van der Waals surface area (Å²) >= 11 is 0. The number of anilines is 1. The summed E-state index contributed by atoms with van der Waals surface area (Å²) in [5.41, 5.74) is -0.0808. The van der Waals surface area contributed by atoms with Crippen LogP contribution in [0, 0.1) is 0 Å². The molecule has 190 valence electrons. The van der Waals surface area contributed by atoms with Gasteiger partial charge < -0.3 is 19.9 Å². The second-order valence-corrected chi connectivity index (χ2v) is 8.33. The molecule has 7 nitrogen and oxygen atoms in total. The second-order valence-electron chi connectivity index (χ2n) is 8.33. The van der Waals surface area contributed by atoms with Crippen molar-refractivity contribution in [1.29, 1.82) is 0 Å². The number of rotatable bonds is 10. The number of piperazine rings is 1. The Hall–Kier alpha value is -3.14. The summed E-state index contributed by atoms with van der Waals surface area (Å²) in [6, 6.07) is 7.76. The molecule has 1 aromatic heterocycles. The van der Waals surface area contributed by atoms with Crippen LogP contribution in [0.4, 0.5) is 19.0 Å². The van der Waals surface area contributed by atoms with E-state index in [9.17, 15) is 22.8 Å². The van der Waals surface area contributed by atoms with Gasteiger partial charge in [0, 0.05) is 57.7 Å². The van der Waals surface area contributed by atoms with E-state index in [1.807, 2.05) is 4.90 Å². The average molecular weight is 493 g/mol. The molecule has 0 unspecified atom stereocenters. The van der Waals surface area contributed by atoms with Crippen molar-refractivity contribution in [2.45, 2.75) is 32.4 Å². The normalized spacial score (nSPS) is 14.2. The van der Waals surface area contributed by atoms with Crippen molar-refractivity contribution in [2.75, 3.05) is 50.8 Å². The van der Waals surface area contributed by atoms with Gasteiger partial charge in [-0.2, -0.15) is 13.2 Å². The Morgan fingerprint density at radius 3 is 2.23 bits per heavy atom. The molecule has 2 heterocycles. The van der Waals surface area contributed by atoms with Crippen LogP contribution in [0.1, 0.15) is 52.5 Å². The van der Waals surface area contributed by atoms with Crippen LogP contribution in [0.2, 0.25) is 0 Å². The SMILES string of the molecule is CCCCOCCCNC(=O)c1ccc(N2CCN(C(=O)c3ccc(C(F)(F)F)cc3)CC2)nc1. The Balaban J connectivity index is 1.44. The number of unbranched alkanes of at least 4 members (excludes halogenated alkanes) is 1. The van der Waals surface area contributed by atoms with Crippen LogP contribution in [-0.4, -0.2) is 67.6 Å². The van der Waals surface area contributed by atoms with Crippen LogP contribution in [0.15, 0.2) is 42.6 Å². The molecular weight excluding hydrogens is 461 g/mol. The number of carbonyl (C=O) groups is 2. The first-order valence-corrected chi connectivity index (χ1v) is 11.8. The van der Waals surface area contributed by atoms with E-state index < -0.39 is 11.7 Å². The lowest BCUT2D eigenvalue weighted by molar-refractivity contribution is -0.137. The Labute approximate surface area is 203 Å². The molecule has 0 radical (unpaired) electrons. The van der Waals surface area contributed by atoms with Crippen molar-refractivity contribution in [2.24, 2.45) is 0 Å². The molecule has 1 aliphatic heterocycles. The fourth-order valence-corrected chi connectivity index (χ4v) is 3.66. The molecule has 35 heavy (non-hydrogen) atoms. The first kappa shape index (κ1) is 26.5. The predicted molar refractivity (Wildman–Crippen MR) is 126 cm³/mol. The minimum absolute atomic E-state index is 0.190. The highest BCUT2D eigenvalue weighted by molar-refractivity contribution is 5.95. The lowest BCUT2D eigenvalue weighted by Crippen LogP contribution is -2.49. The van der Waals surface area contributed by atoms with E-state index in [4.69, 9.17) is 4.74 Å². The van der Waals surface area contributed by atoms with E-state index >= 15 is 0 Å². The number of carbonyl (C=O) groups excluding carboxylic acids is 2. The molecule has 1 fully saturated rings. The van der Waals surface area contributed by atoms with Crippen LogP contribution >= 0.6 is 0 Å². The van der Waals surface area contributed by atoms with Crippen molar-refractivity contribution < 1.29 is 27.5 Å². The zero-order chi connectivity index (χ0) is 25.3. The molecule has 3 rings (SSSR count). The Bertz CT molecular complexity index is 957. The molecule has 1 aromatic carbocycles. The van der Waals surface area contributed by atoms with Gasteiger partial charge in [-0.15, -0.1) is 0 Å². The highest BCUT2D eigenvalue weighted by Crippen LogP contribution is 2.29. The summed E-state index contributed by atoms with van der Waals surface area (Å²) in [6.45, 7) is 5.90. The van der Waals surface area contributed by atoms with Gasteiger partial charge in [0.05, 0.1) is 11.1 Å². The van der Waals surface area contributed by atoms with Crippen LogP contribution in [0.25, 0.3) is 0 Å². The van der Waals surface area contributed by atoms with Gasteiger partial charge in [0.25, 0.3) is 11.8 Å². The zero-order valence-electron chi connectivity index (χ0n) is 19.8. The minimum atomic E-state index is -4.43. The fourth-order valence-electron chi connectivity index (χ4n) is 3.66. The second kappa shape index (κ2) is 12.5. The third-order valence-corrected chi connectivity index (χ3v) is 5.75. The number of alkyl halides is 3. The molecule has 1 N–H and O–H groups in total. The van der Waals surface area contributed by atoms with Crippen LogP contribution in [-0.2, 0) is 10.9 Å². The van der Waals surface area contributed by atoms with Crippen molar-refractivity contribution in [3.63, 3.8) is 0 Å². The number of nitrogens with one attached hydrogen (secondary N) is 1. The molecular formula is C25H31F3N4O3. The van der Waals surface area contributed by atoms with E-state index in [1.165, 1.54) is 18.3 Å². The largest absolute Gasteiger partial charge is 0.416 e. The predicted octanol–water partition coefficient (Wildman–Crippen LogP) is 4.00. The third kappa shape index (κ3) is 7.68. The van der Waals surface area contributed by atoms with E-state index in [-0.39, 0.29) is 17.4 Å². The Morgan fingerprint density at radius 2 is 1.63 bits per heavy atom. The van der Waals surface area contributed by atoms with E-state index in [0.29, 0.717) is 50.7 Å². The number of aromatic nitrogens is 1. The number of benzene rings is 1. The van der Waals surface area contributed by atoms with Crippen LogP contribution in [0.5, 0.6) is 0 Å². The summed E-state index contributed by atoms with van der Waals surface area (Å²) in [6.07, 6.45) is -0.0248. The first-order chi connectivity index (χ1) is 16.8. The van der Waals surface area contributed by atoms with E-state index in [1.54, 1.807) is 17.0 Å². The number of hydrogen-bond donors (Lipinski definition) is 1. The maximum absolute atomic E-state index is 12.7. The van der Waals surface area contributed by atoms with E-state index in [0.717, 1.165) is 38.0 Å². The monoisotopic (exact) mass is 492 g/mol. The van der Waals surface area contributed by atoms with Gasteiger partial charge in [-0.1, -0.05) is 13.3 Å². The smallest absolute Gasteiger partial charge is 0.381 e. The number of ether oxygens (including phenoxy) is 1. The van der Waals surface area contributed by atoms with Crippen molar-refractivity contribution in [3.8, 4) is 0 Å². The topological polar surface area (TPSA) is 74.8 Å². The molecule has 2 aromatic rings. The zero-order valence-corrected chi connectivity index (χ0v) is 19.8.